The Bertz CT molecular complexity index is 350. The normalized spacial score (nSPS) is 44.6. The zero-order valence-electron chi connectivity index (χ0n) is 9.21. The molecule has 0 radical (unpaired) electrons. The van der Waals surface area contributed by atoms with Crippen LogP contribution in [0.5, 0.6) is 0 Å². The molecule has 0 aromatic carbocycles. The summed E-state index contributed by atoms with van der Waals surface area (Å²) in [5, 5.41) is 0. The van der Waals surface area contributed by atoms with Crippen LogP contribution in [-0.2, 0) is 23.7 Å². The highest BCUT2D eigenvalue weighted by Gasteiger charge is 2.53. The summed E-state index contributed by atoms with van der Waals surface area (Å²) in [5.74, 6) is -0.0963. The first-order valence-corrected chi connectivity index (χ1v) is 5.45. The number of esters is 1. The van der Waals surface area contributed by atoms with Gasteiger partial charge in [0.2, 0.25) is 6.29 Å². The molecule has 0 N–H and O–H groups in total. The number of rotatable bonds is 1. The van der Waals surface area contributed by atoms with Crippen LogP contribution in [0.4, 0.5) is 0 Å². The number of carbonyl (C=O) groups excluding carboxylic acids is 1. The second-order valence-electron chi connectivity index (χ2n) is 4.40. The van der Waals surface area contributed by atoms with Gasteiger partial charge in [0.1, 0.15) is 0 Å². The van der Waals surface area contributed by atoms with E-state index in [4.69, 9.17) is 18.9 Å². The van der Waals surface area contributed by atoms with Crippen molar-refractivity contribution in [2.75, 3.05) is 7.11 Å². The van der Waals surface area contributed by atoms with E-state index in [-0.39, 0.29) is 36.5 Å². The van der Waals surface area contributed by atoms with Crippen LogP contribution in [0.15, 0.2) is 11.8 Å². The molecule has 88 valence electrons. The highest BCUT2D eigenvalue weighted by molar-refractivity contribution is 5.89. The van der Waals surface area contributed by atoms with Gasteiger partial charge in [-0.2, -0.15) is 0 Å². The Morgan fingerprint density at radius 3 is 3.00 bits per heavy atom. The molecule has 0 aliphatic carbocycles. The molecule has 4 heterocycles. The Balaban J connectivity index is 1.93. The predicted octanol–water partition coefficient (Wildman–Crippen LogP) is 0.797. The van der Waals surface area contributed by atoms with Crippen LogP contribution in [0.3, 0.4) is 0 Å². The van der Waals surface area contributed by atoms with Gasteiger partial charge in [-0.3, -0.25) is 0 Å². The highest BCUT2D eigenvalue weighted by Crippen LogP contribution is 2.47. The Kier molecular flexibility index (Phi) is 2.19. The lowest BCUT2D eigenvalue weighted by Gasteiger charge is -2.51. The van der Waals surface area contributed by atoms with Crippen molar-refractivity contribution in [1.82, 2.24) is 0 Å². The van der Waals surface area contributed by atoms with Gasteiger partial charge in [0.15, 0.2) is 6.29 Å². The van der Waals surface area contributed by atoms with Gasteiger partial charge in [-0.25, -0.2) is 4.79 Å². The maximum atomic E-state index is 11.6. The molecule has 4 rings (SSSR count). The summed E-state index contributed by atoms with van der Waals surface area (Å²) in [6.07, 6.45) is 1.70. The summed E-state index contributed by atoms with van der Waals surface area (Å²) in [5.41, 5.74) is 0.604. The molecule has 4 aliphatic rings. The molecule has 3 saturated heterocycles. The first-order valence-electron chi connectivity index (χ1n) is 5.45. The van der Waals surface area contributed by atoms with E-state index in [1.54, 1.807) is 0 Å². The van der Waals surface area contributed by atoms with E-state index < -0.39 is 0 Å². The lowest BCUT2D eigenvalue weighted by Crippen LogP contribution is -2.57. The summed E-state index contributed by atoms with van der Waals surface area (Å²) in [7, 11) is 1.38. The molecule has 0 spiro atoms. The van der Waals surface area contributed by atoms with Gasteiger partial charge < -0.3 is 18.9 Å². The van der Waals surface area contributed by atoms with Crippen LogP contribution in [0.2, 0.25) is 0 Å². The van der Waals surface area contributed by atoms with E-state index in [9.17, 15) is 4.79 Å². The monoisotopic (exact) mass is 226 g/mol. The molecule has 5 nitrogen and oxygen atoms in total. The Hall–Kier alpha value is -1.07. The molecule has 0 aromatic rings. The van der Waals surface area contributed by atoms with Gasteiger partial charge in [0.25, 0.3) is 0 Å². The van der Waals surface area contributed by atoms with Gasteiger partial charge in [-0.15, -0.1) is 0 Å². The molecule has 5 heteroatoms. The zero-order chi connectivity index (χ0) is 11.3. The molecule has 0 aromatic heterocycles. The fraction of sp³-hybridized carbons (Fsp3) is 0.727. The minimum Gasteiger partial charge on any atom is -0.471 e. The van der Waals surface area contributed by atoms with E-state index in [1.165, 1.54) is 13.4 Å². The van der Waals surface area contributed by atoms with Crippen LogP contribution in [0.25, 0.3) is 0 Å². The van der Waals surface area contributed by atoms with Crippen molar-refractivity contribution in [3.8, 4) is 0 Å². The van der Waals surface area contributed by atoms with E-state index in [0.717, 1.165) is 0 Å². The maximum Gasteiger partial charge on any atom is 0.337 e. The van der Waals surface area contributed by atoms with Crippen LogP contribution in [0.1, 0.15) is 13.3 Å². The number of fused-ring (bicyclic) bond motifs is 1. The first kappa shape index (κ1) is 10.1. The third-order valence-corrected chi connectivity index (χ3v) is 3.57. The lowest BCUT2D eigenvalue weighted by molar-refractivity contribution is -0.363. The van der Waals surface area contributed by atoms with E-state index in [1.807, 2.05) is 6.92 Å². The maximum absolute atomic E-state index is 11.6. The van der Waals surface area contributed by atoms with E-state index in [0.29, 0.717) is 12.0 Å². The summed E-state index contributed by atoms with van der Waals surface area (Å²) in [4.78, 5) is 11.6. The number of hydrogen-bond donors (Lipinski definition) is 0. The first-order chi connectivity index (χ1) is 7.70. The smallest absolute Gasteiger partial charge is 0.337 e. The molecule has 3 fully saturated rings. The van der Waals surface area contributed by atoms with Gasteiger partial charge in [0.05, 0.1) is 31.0 Å². The van der Waals surface area contributed by atoms with Gasteiger partial charge in [-0.05, 0) is 6.92 Å². The van der Waals surface area contributed by atoms with Gasteiger partial charge >= 0.3 is 5.97 Å². The lowest BCUT2D eigenvalue weighted by atomic mass is 9.75. The van der Waals surface area contributed by atoms with E-state index >= 15 is 0 Å². The van der Waals surface area contributed by atoms with Crippen molar-refractivity contribution < 1.29 is 23.7 Å². The standard InChI is InChI=1S/C11H14O5/c1-5-9-6-3-8(15-5)16-11(9)14-4-7(6)10(12)13-2/h4-6,8-9,11H,3H2,1-2H3/t5?,6?,8?,9-,11-/m1/s1. The third kappa shape index (κ3) is 1.28. The molecule has 3 unspecified atom stereocenters. The quantitative estimate of drug-likeness (QED) is 0.619. The van der Waals surface area contributed by atoms with Gasteiger partial charge in [0, 0.05) is 12.3 Å². The van der Waals surface area contributed by atoms with Gasteiger partial charge in [-0.1, -0.05) is 0 Å². The Morgan fingerprint density at radius 2 is 2.31 bits per heavy atom. The minimum absolute atomic E-state index is 0.0517. The second kappa shape index (κ2) is 3.46. The summed E-state index contributed by atoms with van der Waals surface area (Å²) < 4.78 is 21.3. The van der Waals surface area contributed by atoms with E-state index in [2.05, 4.69) is 0 Å². The molecule has 5 atom stereocenters. The van der Waals surface area contributed by atoms with Crippen LogP contribution in [-0.4, -0.2) is 31.8 Å². The summed E-state index contributed by atoms with van der Waals surface area (Å²) >= 11 is 0. The number of ether oxygens (including phenoxy) is 4. The largest absolute Gasteiger partial charge is 0.471 e. The van der Waals surface area contributed by atoms with Crippen molar-refractivity contribution in [2.45, 2.75) is 32.0 Å². The van der Waals surface area contributed by atoms with Crippen LogP contribution >= 0.6 is 0 Å². The average molecular weight is 226 g/mol. The number of methoxy groups -OCH3 is 1. The van der Waals surface area contributed by atoms with Crippen molar-refractivity contribution >= 4 is 5.97 Å². The number of hydrogen-bond acceptors (Lipinski definition) is 5. The fourth-order valence-electron chi connectivity index (χ4n) is 2.82. The second-order valence-corrected chi connectivity index (χ2v) is 4.40. The Morgan fingerprint density at radius 1 is 1.50 bits per heavy atom. The van der Waals surface area contributed by atoms with Crippen molar-refractivity contribution in [1.29, 1.82) is 0 Å². The average Bonchev–Trinajstić information content (AvgIpc) is 2.27. The van der Waals surface area contributed by atoms with Crippen molar-refractivity contribution in [2.24, 2.45) is 11.8 Å². The third-order valence-electron chi connectivity index (χ3n) is 3.57. The molecule has 0 saturated carbocycles. The minimum atomic E-state index is -0.316. The molecule has 4 bridgehead atoms. The summed E-state index contributed by atoms with van der Waals surface area (Å²) in [6, 6.07) is 0. The number of carbonyl (C=O) groups is 1. The molecule has 16 heavy (non-hydrogen) atoms. The molecule has 4 aliphatic heterocycles. The van der Waals surface area contributed by atoms with Crippen molar-refractivity contribution in [3.05, 3.63) is 11.8 Å². The summed E-state index contributed by atoms with van der Waals surface area (Å²) in [6.45, 7) is 1.99. The predicted molar refractivity (Wildman–Crippen MR) is 52.0 cm³/mol. The highest BCUT2D eigenvalue weighted by atomic mass is 16.8. The van der Waals surface area contributed by atoms with Crippen LogP contribution < -0.4 is 0 Å². The topological polar surface area (TPSA) is 54.0 Å². The Labute approximate surface area is 93.3 Å². The zero-order valence-corrected chi connectivity index (χ0v) is 9.21. The SMILES string of the molecule is COC(=O)C1=CO[C@@H]2OC3CC1[C@H]2C(C)O3. The molecule has 0 amide bonds. The van der Waals surface area contributed by atoms with Crippen LogP contribution in [0, 0.1) is 11.8 Å². The fourth-order valence-corrected chi connectivity index (χ4v) is 2.82. The van der Waals surface area contributed by atoms with Crippen molar-refractivity contribution in [3.63, 3.8) is 0 Å². The molecular weight excluding hydrogens is 212 g/mol. The molecular formula is C11H14O5.